The highest BCUT2D eigenvalue weighted by Crippen LogP contribution is 2.20. The standard InChI is InChI=1S/C45H31N9/c1-2-29-20-31-5-6-33(48-31)22-35-9-10-37(50-35)24-39-13-14-41(52-39)26-43-17-18-45(54-43)27-44-16-15-42(53-44)25-40-12-11-38(51-40)23-36-8-7-34(49-36)21-32-4-3-30(47-32)19-28(1)46-29/h1-27,46,49-50,53H. The maximum atomic E-state index is 4.80. The zero-order valence-electron chi connectivity index (χ0n) is 28.8. The van der Waals surface area contributed by atoms with E-state index in [1.165, 1.54) is 0 Å². The molecule has 0 fully saturated rings. The molecule has 0 radical (unpaired) electrons. The molecule has 6 aliphatic heterocycles. The van der Waals surface area contributed by atoms with Crippen LogP contribution >= 0.6 is 0 Å². The molecule has 0 spiro atoms. The van der Waals surface area contributed by atoms with E-state index in [9.17, 15) is 0 Å². The number of rotatable bonds is 0. The van der Waals surface area contributed by atoms with Gasteiger partial charge in [0.05, 0.1) is 57.0 Å². The van der Waals surface area contributed by atoms with Gasteiger partial charge in [0.1, 0.15) is 0 Å². The largest absolute Gasteiger partial charge is 0.355 e. The molecule has 54 heavy (non-hydrogen) atoms. The fourth-order valence-corrected chi connectivity index (χ4v) is 6.59. The van der Waals surface area contributed by atoms with Crippen molar-refractivity contribution in [1.29, 1.82) is 0 Å². The molecule has 10 heterocycles. The van der Waals surface area contributed by atoms with Crippen LogP contribution in [0.15, 0.2) is 169 Å². The molecule has 0 amide bonds. The molecule has 0 saturated heterocycles. The lowest BCUT2D eigenvalue weighted by Gasteiger charge is -1.93. The Balaban J connectivity index is 0.977. The second kappa shape index (κ2) is 13.2. The zero-order chi connectivity index (χ0) is 35.8. The van der Waals surface area contributed by atoms with Crippen molar-refractivity contribution in [2.45, 2.75) is 0 Å². The van der Waals surface area contributed by atoms with Crippen LogP contribution in [0.3, 0.4) is 0 Å². The van der Waals surface area contributed by atoms with Crippen molar-refractivity contribution in [1.82, 2.24) is 19.9 Å². The summed E-state index contributed by atoms with van der Waals surface area (Å²) in [6.45, 7) is 0. The number of nitrogens with one attached hydrogen (secondary N) is 4. The lowest BCUT2D eigenvalue weighted by Crippen LogP contribution is -2.12. The number of H-pyrrole nitrogens is 4. The summed E-state index contributed by atoms with van der Waals surface area (Å²) in [4.78, 5) is 37.8. The number of aliphatic imine (C=N–C) groups is 5. The third-order valence-corrected chi connectivity index (χ3v) is 9.06. The molecule has 18 bridgehead atoms. The van der Waals surface area contributed by atoms with E-state index in [2.05, 4.69) is 19.9 Å². The van der Waals surface area contributed by atoms with Crippen LogP contribution in [0.25, 0.3) is 48.6 Å². The van der Waals surface area contributed by atoms with Crippen molar-refractivity contribution in [3.8, 4) is 0 Å². The predicted molar refractivity (Wildman–Crippen MR) is 222 cm³/mol. The van der Waals surface area contributed by atoms with Crippen molar-refractivity contribution in [2.75, 3.05) is 0 Å². The Hall–Kier alpha value is -7.65. The molecule has 4 N–H and O–H groups in total. The van der Waals surface area contributed by atoms with Crippen LogP contribution < -0.4 is 21.4 Å². The number of hydrogen-bond donors (Lipinski definition) is 4. The minimum atomic E-state index is 0.853. The third-order valence-electron chi connectivity index (χ3n) is 9.06. The average Bonchev–Trinajstić information content (AvgIpc) is 3.97. The normalized spacial score (nSPS) is 18.2. The van der Waals surface area contributed by atoms with Gasteiger partial charge in [0.2, 0.25) is 0 Å². The summed E-state index contributed by atoms with van der Waals surface area (Å²) >= 11 is 0. The Kier molecular flexibility index (Phi) is 7.58. The molecule has 256 valence electrons. The molecule has 9 nitrogen and oxygen atoms in total. The molecule has 0 atom stereocenters. The minimum Gasteiger partial charge on any atom is -0.355 e. The van der Waals surface area contributed by atoms with Crippen LogP contribution in [0, 0.1) is 0 Å². The summed E-state index contributed by atoms with van der Waals surface area (Å²) in [5, 5.41) is 3.86. The Bertz CT molecular complexity index is 3020. The molecule has 10 rings (SSSR count). The predicted octanol–water partition coefficient (Wildman–Crippen LogP) is 5.54. The Labute approximate surface area is 309 Å². The fraction of sp³-hybridized carbons (Fsp3) is 0. The minimum absolute atomic E-state index is 0.853. The second-order valence-corrected chi connectivity index (χ2v) is 13.2. The van der Waals surface area contributed by atoms with Gasteiger partial charge >= 0.3 is 0 Å². The lowest BCUT2D eigenvalue weighted by atomic mass is 10.3. The van der Waals surface area contributed by atoms with Crippen LogP contribution in [0.4, 0.5) is 0 Å². The van der Waals surface area contributed by atoms with Gasteiger partial charge in [0, 0.05) is 44.2 Å². The van der Waals surface area contributed by atoms with Crippen molar-refractivity contribution < 1.29 is 0 Å². The van der Waals surface area contributed by atoms with E-state index in [0.29, 0.717) is 0 Å². The van der Waals surface area contributed by atoms with Gasteiger partial charge in [0.25, 0.3) is 0 Å². The number of hydrogen-bond acceptors (Lipinski definition) is 5. The van der Waals surface area contributed by atoms with E-state index in [4.69, 9.17) is 25.0 Å². The van der Waals surface area contributed by atoms with E-state index in [-0.39, 0.29) is 0 Å². The first-order chi connectivity index (χ1) is 26.5. The molecule has 9 heteroatoms. The zero-order valence-corrected chi connectivity index (χ0v) is 28.8. The van der Waals surface area contributed by atoms with Gasteiger partial charge in [-0.3, -0.25) is 0 Å². The highest BCUT2D eigenvalue weighted by molar-refractivity contribution is 6.21. The molecule has 0 aliphatic carbocycles. The molecule has 4 aromatic heterocycles. The topological polar surface area (TPSA) is 125 Å². The molecule has 0 saturated carbocycles. The van der Waals surface area contributed by atoms with E-state index in [0.717, 1.165) is 101 Å². The van der Waals surface area contributed by atoms with E-state index >= 15 is 0 Å². The van der Waals surface area contributed by atoms with Crippen LogP contribution in [-0.4, -0.2) is 48.5 Å². The van der Waals surface area contributed by atoms with Gasteiger partial charge in [-0.2, -0.15) is 0 Å². The Morgan fingerprint density at radius 3 is 0.796 bits per heavy atom. The van der Waals surface area contributed by atoms with Crippen LogP contribution in [0.2, 0.25) is 0 Å². The SMILES string of the molecule is C1=CC2=NC1=Cc1ccc([nH]1)C=C1C=CC(=N1)C=c1ccc([nH]1)=CC1=NC(=Cc3ccc([nH]3)C=C3C=CC(=N3)C=c3ccc([nH]3)=CC3=NC(=C2)C=C3)C=C1. The summed E-state index contributed by atoms with van der Waals surface area (Å²) in [6.07, 6.45) is 38.4. The molecular weight excluding hydrogens is 667 g/mol. The van der Waals surface area contributed by atoms with Gasteiger partial charge in [-0.05, 0) is 164 Å². The maximum absolute atomic E-state index is 4.80. The second-order valence-electron chi connectivity index (χ2n) is 13.2. The Morgan fingerprint density at radius 1 is 0.241 bits per heavy atom. The summed E-state index contributed by atoms with van der Waals surface area (Å²) in [7, 11) is 0. The summed E-state index contributed by atoms with van der Waals surface area (Å²) in [6, 6.07) is 16.4. The fourth-order valence-electron chi connectivity index (χ4n) is 6.59. The molecule has 6 aliphatic rings. The Morgan fingerprint density at radius 2 is 0.500 bits per heavy atom. The number of allylic oxidation sites excluding steroid dienone is 11. The van der Waals surface area contributed by atoms with E-state index < -0.39 is 0 Å². The highest BCUT2D eigenvalue weighted by atomic mass is 14.8. The smallest absolute Gasteiger partial charge is 0.0659 e. The first-order valence-corrected chi connectivity index (χ1v) is 17.6. The molecule has 4 aromatic rings. The van der Waals surface area contributed by atoms with Crippen LogP contribution in [0.1, 0.15) is 22.8 Å². The van der Waals surface area contributed by atoms with Crippen molar-refractivity contribution in [2.24, 2.45) is 25.0 Å². The van der Waals surface area contributed by atoms with Crippen LogP contribution in [0.5, 0.6) is 0 Å². The van der Waals surface area contributed by atoms with Gasteiger partial charge in [-0.15, -0.1) is 0 Å². The van der Waals surface area contributed by atoms with Crippen LogP contribution in [-0.2, 0) is 0 Å². The van der Waals surface area contributed by atoms with E-state index in [1.807, 2.05) is 164 Å². The third kappa shape index (κ3) is 6.97. The number of aromatic nitrogens is 4. The summed E-state index contributed by atoms with van der Waals surface area (Å²) < 4.78 is 0. The molecule has 0 unspecified atom stereocenters. The monoisotopic (exact) mass is 697 g/mol. The maximum Gasteiger partial charge on any atom is 0.0659 e. The first kappa shape index (κ1) is 31.1. The van der Waals surface area contributed by atoms with E-state index in [1.54, 1.807) is 0 Å². The van der Waals surface area contributed by atoms with Crippen molar-refractivity contribution >= 4 is 77.2 Å². The van der Waals surface area contributed by atoms with Gasteiger partial charge in [-0.25, -0.2) is 25.0 Å². The van der Waals surface area contributed by atoms with Crippen molar-refractivity contribution in [3.63, 3.8) is 0 Å². The number of fused-ring (bicyclic) bond motifs is 13. The highest BCUT2D eigenvalue weighted by Gasteiger charge is 2.09. The number of nitrogens with zero attached hydrogens (tertiary/aromatic N) is 5. The summed E-state index contributed by atoms with van der Waals surface area (Å²) in [5.41, 5.74) is 12.6. The van der Waals surface area contributed by atoms with Gasteiger partial charge < -0.3 is 19.9 Å². The quantitative estimate of drug-likeness (QED) is 0.185. The molecule has 0 aromatic carbocycles. The van der Waals surface area contributed by atoms with Gasteiger partial charge in [0.15, 0.2) is 0 Å². The average molecular weight is 698 g/mol. The number of aromatic amines is 4. The van der Waals surface area contributed by atoms with Crippen molar-refractivity contribution in [3.05, 3.63) is 188 Å². The molecular formula is C45H31N9. The lowest BCUT2D eigenvalue weighted by molar-refractivity contribution is 1.28. The first-order valence-electron chi connectivity index (χ1n) is 17.6. The van der Waals surface area contributed by atoms with Gasteiger partial charge in [-0.1, -0.05) is 0 Å². The summed E-state index contributed by atoms with van der Waals surface area (Å²) in [5.74, 6) is 0.